The van der Waals surface area contributed by atoms with Gasteiger partial charge in [-0.2, -0.15) is 0 Å². The lowest BCUT2D eigenvalue weighted by Crippen LogP contribution is -2.29. The first-order valence-electron chi connectivity index (χ1n) is 5.70. The van der Waals surface area contributed by atoms with E-state index in [9.17, 15) is 4.79 Å². The zero-order chi connectivity index (χ0) is 13.7. The minimum Gasteiger partial charge on any atom is -0.483 e. The first kappa shape index (κ1) is 14.8. The Morgan fingerprint density at radius 3 is 2.39 bits per heavy atom. The molecule has 0 radical (unpaired) electrons. The highest BCUT2D eigenvalue weighted by atomic mass is 79.9. The SMILES string of the molecule is C=C(Br)CNC(=O)COc1c(C)cc(C)cc1C. The van der Waals surface area contributed by atoms with Crippen molar-refractivity contribution < 1.29 is 9.53 Å². The van der Waals surface area contributed by atoms with Gasteiger partial charge in [0.25, 0.3) is 5.91 Å². The smallest absolute Gasteiger partial charge is 0.258 e. The Hall–Kier alpha value is -1.29. The van der Waals surface area contributed by atoms with Crippen LogP contribution in [0.2, 0.25) is 0 Å². The number of rotatable bonds is 5. The number of aryl methyl sites for hydroxylation is 3. The maximum Gasteiger partial charge on any atom is 0.258 e. The molecular weight excluding hydrogens is 294 g/mol. The third-order valence-corrected chi connectivity index (χ3v) is 2.71. The van der Waals surface area contributed by atoms with Gasteiger partial charge < -0.3 is 10.1 Å². The van der Waals surface area contributed by atoms with Crippen LogP contribution in [0.3, 0.4) is 0 Å². The zero-order valence-corrected chi connectivity index (χ0v) is 12.6. The fourth-order valence-electron chi connectivity index (χ4n) is 1.78. The molecule has 0 saturated heterocycles. The average Bonchev–Trinajstić information content (AvgIpc) is 2.24. The van der Waals surface area contributed by atoms with Crippen molar-refractivity contribution >= 4 is 21.8 Å². The molecule has 0 atom stereocenters. The highest BCUT2D eigenvalue weighted by molar-refractivity contribution is 9.11. The first-order valence-corrected chi connectivity index (χ1v) is 6.50. The largest absolute Gasteiger partial charge is 0.483 e. The maximum absolute atomic E-state index is 11.5. The van der Waals surface area contributed by atoms with Crippen molar-refractivity contribution in [3.05, 3.63) is 39.9 Å². The van der Waals surface area contributed by atoms with Gasteiger partial charge in [0.05, 0.1) is 0 Å². The first-order chi connectivity index (χ1) is 8.40. The number of hydrogen-bond acceptors (Lipinski definition) is 2. The normalized spacial score (nSPS) is 10.0. The molecule has 0 aliphatic carbocycles. The van der Waals surface area contributed by atoms with E-state index in [4.69, 9.17) is 4.74 Å². The molecule has 0 aromatic heterocycles. The van der Waals surface area contributed by atoms with Gasteiger partial charge in [0.2, 0.25) is 0 Å². The highest BCUT2D eigenvalue weighted by Gasteiger charge is 2.08. The molecule has 3 nitrogen and oxygen atoms in total. The number of ether oxygens (including phenoxy) is 1. The van der Waals surface area contributed by atoms with Crippen LogP contribution in [-0.4, -0.2) is 19.1 Å². The van der Waals surface area contributed by atoms with Gasteiger partial charge in [-0.1, -0.05) is 40.2 Å². The van der Waals surface area contributed by atoms with Crippen LogP contribution in [0.4, 0.5) is 0 Å². The summed E-state index contributed by atoms with van der Waals surface area (Å²) in [5.41, 5.74) is 3.28. The summed E-state index contributed by atoms with van der Waals surface area (Å²) in [6.07, 6.45) is 0. The van der Waals surface area contributed by atoms with E-state index >= 15 is 0 Å². The Morgan fingerprint density at radius 2 is 1.89 bits per heavy atom. The van der Waals surface area contributed by atoms with E-state index in [2.05, 4.69) is 27.8 Å². The monoisotopic (exact) mass is 311 g/mol. The quantitative estimate of drug-likeness (QED) is 0.907. The predicted octanol–water partition coefficient (Wildman–Crippen LogP) is 3.02. The van der Waals surface area contributed by atoms with Crippen molar-refractivity contribution in [1.29, 1.82) is 0 Å². The average molecular weight is 312 g/mol. The number of amides is 1. The molecule has 0 fully saturated rings. The second-order valence-electron chi connectivity index (χ2n) is 4.31. The molecule has 0 saturated carbocycles. The minimum absolute atomic E-state index is 0.0189. The number of carbonyl (C=O) groups excluding carboxylic acids is 1. The summed E-state index contributed by atoms with van der Waals surface area (Å²) in [5, 5.41) is 2.69. The molecule has 1 amide bonds. The summed E-state index contributed by atoms with van der Waals surface area (Å²) in [7, 11) is 0. The molecular formula is C14H18BrNO2. The number of carbonyl (C=O) groups is 1. The van der Waals surface area contributed by atoms with Crippen molar-refractivity contribution in [3.8, 4) is 5.75 Å². The third-order valence-electron chi connectivity index (χ3n) is 2.43. The van der Waals surface area contributed by atoms with Crippen LogP contribution in [0.1, 0.15) is 16.7 Å². The van der Waals surface area contributed by atoms with Crippen molar-refractivity contribution in [1.82, 2.24) is 5.32 Å². The third kappa shape index (κ3) is 4.53. The van der Waals surface area contributed by atoms with Crippen LogP contribution >= 0.6 is 15.9 Å². The molecule has 1 aromatic rings. The predicted molar refractivity (Wildman–Crippen MR) is 77.2 cm³/mol. The van der Waals surface area contributed by atoms with Gasteiger partial charge in [-0.25, -0.2) is 0 Å². The van der Waals surface area contributed by atoms with Gasteiger partial charge >= 0.3 is 0 Å². The molecule has 1 aromatic carbocycles. The standard InChI is InChI=1S/C14H18BrNO2/c1-9-5-10(2)14(11(3)6-9)18-8-13(17)16-7-12(4)15/h5-6H,4,7-8H2,1-3H3,(H,16,17). The van der Waals surface area contributed by atoms with Gasteiger partial charge in [0, 0.05) is 11.0 Å². The Bertz CT molecular complexity index is 446. The van der Waals surface area contributed by atoms with E-state index in [1.54, 1.807) is 0 Å². The van der Waals surface area contributed by atoms with Gasteiger partial charge in [-0.15, -0.1) is 0 Å². The molecule has 1 rings (SSSR count). The summed E-state index contributed by atoms with van der Waals surface area (Å²) in [5.74, 6) is 0.628. The van der Waals surface area contributed by atoms with Crippen LogP contribution in [0.15, 0.2) is 23.2 Å². The van der Waals surface area contributed by atoms with Crippen LogP contribution in [0.5, 0.6) is 5.75 Å². The summed E-state index contributed by atoms with van der Waals surface area (Å²) < 4.78 is 6.29. The maximum atomic E-state index is 11.5. The number of hydrogen-bond donors (Lipinski definition) is 1. The summed E-state index contributed by atoms with van der Waals surface area (Å²) in [6.45, 7) is 10.1. The Morgan fingerprint density at radius 1 is 1.33 bits per heavy atom. The Balaban J connectivity index is 2.58. The Labute approximate surface area is 116 Å². The number of benzene rings is 1. The van der Waals surface area contributed by atoms with Crippen LogP contribution in [0, 0.1) is 20.8 Å². The fourth-order valence-corrected chi connectivity index (χ4v) is 1.92. The van der Waals surface area contributed by atoms with E-state index < -0.39 is 0 Å². The molecule has 0 unspecified atom stereocenters. The van der Waals surface area contributed by atoms with Gasteiger partial charge in [-0.3, -0.25) is 4.79 Å². The zero-order valence-electron chi connectivity index (χ0n) is 11.0. The minimum atomic E-state index is -0.157. The molecule has 0 spiro atoms. The van der Waals surface area contributed by atoms with E-state index in [0.29, 0.717) is 6.54 Å². The molecule has 4 heteroatoms. The van der Waals surface area contributed by atoms with E-state index in [0.717, 1.165) is 21.4 Å². The highest BCUT2D eigenvalue weighted by Crippen LogP contribution is 2.24. The van der Waals surface area contributed by atoms with Crippen LogP contribution in [-0.2, 0) is 4.79 Å². The lowest BCUT2D eigenvalue weighted by atomic mass is 10.1. The van der Waals surface area contributed by atoms with Gasteiger partial charge in [0.1, 0.15) is 5.75 Å². The molecule has 0 heterocycles. The lowest BCUT2D eigenvalue weighted by Gasteiger charge is -2.13. The number of halogens is 1. The molecule has 0 aliphatic rings. The van der Waals surface area contributed by atoms with Gasteiger partial charge in [0.15, 0.2) is 6.61 Å². The second-order valence-corrected chi connectivity index (χ2v) is 5.43. The Kier molecular flexibility index (Phi) is 5.41. The second kappa shape index (κ2) is 6.59. The van der Waals surface area contributed by atoms with Crippen molar-refractivity contribution in [2.45, 2.75) is 20.8 Å². The van der Waals surface area contributed by atoms with Crippen LogP contribution < -0.4 is 10.1 Å². The van der Waals surface area contributed by atoms with E-state index in [-0.39, 0.29) is 12.5 Å². The van der Waals surface area contributed by atoms with E-state index in [1.807, 2.05) is 32.9 Å². The molecule has 18 heavy (non-hydrogen) atoms. The number of nitrogens with one attached hydrogen (secondary N) is 1. The summed E-state index contributed by atoms with van der Waals surface area (Å²) >= 11 is 3.18. The topological polar surface area (TPSA) is 38.3 Å². The summed E-state index contributed by atoms with van der Waals surface area (Å²) in [6, 6.07) is 4.08. The molecule has 0 aliphatic heterocycles. The van der Waals surface area contributed by atoms with Gasteiger partial charge in [-0.05, 0) is 31.9 Å². The van der Waals surface area contributed by atoms with Crippen LogP contribution in [0.25, 0.3) is 0 Å². The van der Waals surface area contributed by atoms with Crippen molar-refractivity contribution in [2.75, 3.05) is 13.2 Å². The van der Waals surface area contributed by atoms with Crippen molar-refractivity contribution in [2.24, 2.45) is 0 Å². The molecule has 0 bridgehead atoms. The van der Waals surface area contributed by atoms with Crippen molar-refractivity contribution in [3.63, 3.8) is 0 Å². The van der Waals surface area contributed by atoms with E-state index in [1.165, 1.54) is 5.56 Å². The summed E-state index contributed by atoms with van der Waals surface area (Å²) in [4.78, 5) is 11.5. The lowest BCUT2D eigenvalue weighted by molar-refractivity contribution is -0.122. The molecule has 1 N–H and O–H groups in total. The molecule has 98 valence electrons. The fraction of sp³-hybridized carbons (Fsp3) is 0.357.